The van der Waals surface area contributed by atoms with E-state index in [1.807, 2.05) is 0 Å². The Hall–Kier alpha value is -2.15. The molecule has 0 fully saturated rings. The molecule has 0 aliphatic rings. The molecular formula is C17H27FN4O2. The lowest BCUT2D eigenvalue weighted by molar-refractivity contribution is -0.115. The van der Waals surface area contributed by atoms with Crippen LogP contribution < -0.4 is 16.0 Å². The second-order valence-corrected chi connectivity index (χ2v) is 5.71. The molecule has 24 heavy (non-hydrogen) atoms. The molecule has 1 amide bonds. The number of amides is 1. The van der Waals surface area contributed by atoms with Crippen LogP contribution in [-0.2, 0) is 9.53 Å². The smallest absolute Gasteiger partial charge is 0.243 e. The zero-order valence-electron chi connectivity index (χ0n) is 14.6. The minimum Gasteiger partial charge on any atom is -0.380 e. The summed E-state index contributed by atoms with van der Waals surface area (Å²) in [5.74, 6) is 0.466. The first-order valence-electron chi connectivity index (χ1n) is 8.09. The van der Waals surface area contributed by atoms with Gasteiger partial charge in [0.2, 0.25) is 5.91 Å². The van der Waals surface area contributed by atoms with Crippen LogP contribution in [0.15, 0.2) is 29.3 Å². The summed E-state index contributed by atoms with van der Waals surface area (Å²) in [4.78, 5) is 15.8. The number of nitrogens with one attached hydrogen (secondary N) is 3. The maximum Gasteiger partial charge on any atom is 0.243 e. The van der Waals surface area contributed by atoms with Crippen molar-refractivity contribution < 1.29 is 13.9 Å². The Kier molecular flexibility index (Phi) is 9.45. The van der Waals surface area contributed by atoms with E-state index >= 15 is 0 Å². The first-order chi connectivity index (χ1) is 11.5. The number of carbonyl (C=O) groups is 1. The molecule has 0 saturated heterocycles. The van der Waals surface area contributed by atoms with Crippen molar-refractivity contribution in [1.29, 1.82) is 0 Å². The number of anilines is 1. The number of rotatable bonds is 9. The van der Waals surface area contributed by atoms with E-state index in [1.165, 1.54) is 18.2 Å². The number of carbonyl (C=O) groups excluding carboxylic acids is 1. The Morgan fingerprint density at radius 2 is 2.08 bits per heavy atom. The molecule has 6 nitrogen and oxygen atoms in total. The van der Waals surface area contributed by atoms with E-state index in [4.69, 9.17) is 4.74 Å². The molecule has 1 aromatic carbocycles. The Morgan fingerprint density at radius 3 is 2.75 bits per heavy atom. The molecule has 1 rings (SSSR count). The number of hydrogen-bond acceptors (Lipinski definition) is 3. The lowest BCUT2D eigenvalue weighted by Crippen LogP contribution is -2.42. The molecule has 0 bridgehead atoms. The van der Waals surface area contributed by atoms with Gasteiger partial charge in [0.1, 0.15) is 5.82 Å². The quantitative estimate of drug-likeness (QED) is 0.366. The third kappa shape index (κ3) is 9.09. The fourth-order valence-corrected chi connectivity index (χ4v) is 1.82. The topological polar surface area (TPSA) is 74.8 Å². The second-order valence-electron chi connectivity index (χ2n) is 5.71. The standard InChI is InChI=1S/C17H27FN4O2/c1-13(2)7-9-24-10-8-20-17(19-3)21-12-16(23)22-15-6-4-5-14(18)11-15/h4-6,11,13H,7-10,12H2,1-3H3,(H,22,23)(H2,19,20,21). The highest BCUT2D eigenvalue weighted by Crippen LogP contribution is 2.08. The fraction of sp³-hybridized carbons (Fsp3) is 0.529. The van der Waals surface area contributed by atoms with E-state index in [2.05, 4.69) is 34.8 Å². The van der Waals surface area contributed by atoms with Gasteiger partial charge in [0.25, 0.3) is 0 Å². The van der Waals surface area contributed by atoms with Crippen molar-refractivity contribution in [2.75, 3.05) is 38.7 Å². The molecule has 1 aromatic rings. The average Bonchev–Trinajstić information content (AvgIpc) is 2.53. The number of aliphatic imine (C=N–C) groups is 1. The summed E-state index contributed by atoms with van der Waals surface area (Å²) in [6.45, 7) is 6.25. The van der Waals surface area contributed by atoms with Crippen molar-refractivity contribution in [3.63, 3.8) is 0 Å². The molecule has 0 heterocycles. The highest BCUT2D eigenvalue weighted by molar-refractivity contribution is 5.94. The van der Waals surface area contributed by atoms with E-state index < -0.39 is 5.82 Å². The van der Waals surface area contributed by atoms with Crippen LogP contribution in [0.5, 0.6) is 0 Å². The molecule has 134 valence electrons. The Morgan fingerprint density at radius 1 is 1.29 bits per heavy atom. The SMILES string of the molecule is CN=C(NCCOCCC(C)C)NCC(=O)Nc1cccc(F)c1. The Labute approximate surface area is 142 Å². The van der Waals surface area contributed by atoms with Gasteiger partial charge in [-0.2, -0.15) is 0 Å². The van der Waals surface area contributed by atoms with Gasteiger partial charge in [-0.1, -0.05) is 19.9 Å². The number of guanidine groups is 1. The molecule has 0 radical (unpaired) electrons. The van der Waals surface area contributed by atoms with Crippen molar-refractivity contribution in [2.24, 2.45) is 10.9 Å². The molecule has 7 heteroatoms. The van der Waals surface area contributed by atoms with Crippen LogP contribution in [0.1, 0.15) is 20.3 Å². The van der Waals surface area contributed by atoms with Gasteiger partial charge in [-0.05, 0) is 30.5 Å². The molecular weight excluding hydrogens is 311 g/mol. The zero-order chi connectivity index (χ0) is 17.8. The predicted octanol–water partition coefficient (Wildman–Crippen LogP) is 1.99. The van der Waals surface area contributed by atoms with Gasteiger partial charge in [-0.25, -0.2) is 4.39 Å². The van der Waals surface area contributed by atoms with Crippen LogP contribution in [0.4, 0.5) is 10.1 Å². The van der Waals surface area contributed by atoms with Crippen molar-refractivity contribution in [3.05, 3.63) is 30.1 Å². The Bertz CT molecular complexity index is 535. The highest BCUT2D eigenvalue weighted by Gasteiger charge is 2.05. The van der Waals surface area contributed by atoms with Crippen LogP contribution in [0.3, 0.4) is 0 Å². The van der Waals surface area contributed by atoms with Gasteiger partial charge in [-0.3, -0.25) is 9.79 Å². The Balaban J connectivity index is 2.20. The number of benzene rings is 1. The highest BCUT2D eigenvalue weighted by atomic mass is 19.1. The molecule has 0 aromatic heterocycles. The monoisotopic (exact) mass is 338 g/mol. The van der Waals surface area contributed by atoms with E-state index in [9.17, 15) is 9.18 Å². The third-order valence-electron chi connectivity index (χ3n) is 3.13. The molecule has 0 spiro atoms. The number of halogens is 1. The second kappa shape index (κ2) is 11.4. The third-order valence-corrected chi connectivity index (χ3v) is 3.13. The lowest BCUT2D eigenvalue weighted by Gasteiger charge is -2.12. The van der Waals surface area contributed by atoms with Gasteiger partial charge >= 0.3 is 0 Å². The molecule has 0 unspecified atom stereocenters. The van der Waals surface area contributed by atoms with Crippen LogP contribution >= 0.6 is 0 Å². The fourth-order valence-electron chi connectivity index (χ4n) is 1.82. The minimum atomic E-state index is -0.393. The first-order valence-corrected chi connectivity index (χ1v) is 8.09. The van der Waals surface area contributed by atoms with Crippen LogP contribution in [0, 0.1) is 11.7 Å². The number of nitrogens with zero attached hydrogens (tertiary/aromatic N) is 1. The van der Waals surface area contributed by atoms with Gasteiger partial charge in [-0.15, -0.1) is 0 Å². The van der Waals surface area contributed by atoms with Crippen molar-refractivity contribution in [3.8, 4) is 0 Å². The number of ether oxygens (including phenoxy) is 1. The van der Waals surface area contributed by atoms with E-state index in [-0.39, 0.29) is 12.5 Å². The van der Waals surface area contributed by atoms with Gasteiger partial charge in [0, 0.05) is 25.9 Å². The maximum absolute atomic E-state index is 13.1. The summed E-state index contributed by atoms with van der Waals surface area (Å²) >= 11 is 0. The zero-order valence-corrected chi connectivity index (χ0v) is 14.6. The largest absolute Gasteiger partial charge is 0.380 e. The van der Waals surface area contributed by atoms with Gasteiger partial charge in [0.05, 0.1) is 13.2 Å². The summed E-state index contributed by atoms with van der Waals surface area (Å²) in [5, 5.41) is 8.56. The number of hydrogen-bond donors (Lipinski definition) is 3. The van der Waals surface area contributed by atoms with Gasteiger partial charge < -0.3 is 20.7 Å². The van der Waals surface area contributed by atoms with E-state index in [1.54, 1.807) is 13.1 Å². The summed E-state index contributed by atoms with van der Waals surface area (Å²) < 4.78 is 18.5. The molecule has 0 atom stereocenters. The van der Waals surface area contributed by atoms with Crippen LogP contribution in [0.2, 0.25) is 0 Å². The van der Waals surface area contributed by atoms with Gasteiger partial charge in [0.15, 0.2) is 5.96 Å². The maximum atomic E-state index is 13.1. The van der Waals surface area contributed by atoms with E-state index in [0.29, 0.717) is 30.7 Å². The molecule has 0 saturated carbocycles. The minimum absolute atomic E-state index is 0.0321. The summed E-state index contributed by atoms with van der Waals surface area (Å²) in [6, 6.07) is 5.75. The lowest BCUT2D eigenvalue weighted by atomic mass is 10.1. The summed E-state index contributed by atoms with van der Waals surface area (Å²) in [7, 11) is 1.62. The molecule has 3 N–H and O–H groups in total. The normalized spacial score (nSPS) is 11.5. The van der Waals surface area contributed by atoms with Crippen molar-refractivity contribution in [1.82, 2.24) is 10.6 Å². The summed E-state index contributed by atoms with van der Waals surface area (Å²) in [6.07, 6.45) is 1.03. The summed E-state index contributed by atoms with van der Waals surface area (Å²) in [5.41, 5.74) is 0.420. The van der Waals surface area contributed by atoms with Crippen molar-refractivity contribution >= 4 is 17.6 Å². The van der Waals surface area contributed by atoms with Crippen LogP contribution in [0.25, 0.3) is 0 Å². The van der Waals surface area contributed by atoms with Crippen molar-refractivity contribution in [2.45, 2.75) is 20.3 Å². The average molecular weight is 338 g/mol. The molecule has 0 aliphatic heterocycles. The first kappa shape index (κ1) is 19.9. The van der Waals surface area contributed by atoms with Crippen LogP contribution in [-0.4, -0.2) is 45.2 Å². The molecule has 0 aliphatic carbocycles. The van der Waals surface area contributed by atoms with E-state index in [0.717, 1.165) is 13.0 Å². The predicted molar refractivity (Wildman–Crippen MR) is 94.7 cm³/mol.